The Hall–Kier alpha value is -0.570. The van der Waals surface area contributed by atoms with Gasteiger partial charge in [-0.25, -0.2) is 0 Å². The summed E-state index contributed by atoms with van der Waals surface area (Å²) in [6, 6.07) is 0.511. The van der Waals surface area contributed by atoms with Crippen molar-refractivity contribution in [2.45, 2.75) is 70.8 Å². The van der Waals surface area contributed by atoms with E-state index in [4.69, 9.17) is 9.84 Å². The molecule has 3 nitrogen and oxygen atoms in total. The van der Waals surface area contributed by atoms with E-state index in [1.54, 1.807) is 7.11 Å². The van der Waals surface area contributed by atoms with Crippen LogP contribution < -0.4 is 0 Å². The van der Waals surface area contributed by atoms with Gasteiger partial charge in [0.2, 0.25) is 0 Å². The van der Waals surface area contributed by atoms with Crippen LogP contribution in [-0.4, -0.2) is 37.0 Å². The molecule has 0 aromatic rings. The molecule has 2 aliphatic rings. The van der Waals surface area contributed by atoms with Crippen molar-refractivity contribution in [3.63, 3.8) is 0 Å². The maximum Gasteiger partial charge on any atom is 0.0704 e. The summed E-state index contributed by atoms with van der Waals surface area (Å²) in [5.41, 5.74) is 1.45. The van der Waals surface area contributed by atoms with Gasteiger partial charge in [0, 0.05) is 19.4 Å². The van der Waals surface area contributed by atoms with Crippen LogP contribution in [0, 0.1) is 5.92 Å². The van der Waals surface area contributed by atoms with E-state index in [0.29, 0.717) is 12.0 Å². The molecule has 0 radical (unpaired) electrons. The average Bonchev–Trinajstić information content (AvgIpc) is 2.86. The number of nitrogens with zero attached hydrogens (tertiary/aromatic N) is 2. The van der Waals surface area contributed by atoms with E-state index < -0.39 is 0 Å². The lowest BCUT2D eigenvalue weighted by Crippen LogP contribution is -2.30. The molecular weight excluding hydrogens is 236 g/mol. The van der Waals surface area contributed by atoms with Crippen molar-refractivity contribution in [3.05, 3.63) is 0 Å². The molecule has 0 spiro atoms. The van der Waals surface area contributed by atoms with Crippen LogP contribution in [0.15, 0.2) is 5.10 Å². The highest BCUT2D eigenvalue weighted by Crippen LogP contribution is 2.23. The van der Waals surface area contributed by atoms with Crippen LogP contribution >= 0.6 is 0 Å². The number of hydrazone groups is 1. The second-order valence-corrected chi connectivity index (χ2v) is 6.21. The van der Waals surface area contributed by atoms with Crippen molar-refractivity contribution >= 4 is 5.71 Å². The highest BCUT2D eigenvalue weighted by molar-refractivity contribution is 5.86. The van der Waals surface area contributed by atoms with E-state index in [9.17, 15) is 0 Å². The normalized spacial score (nSPS) is 32.1. The van der Waals surface area contributed by atoms with Gasteiger partial charge in [0.05, 0.1) is 12.6 Å². The molecular formula is C16H30N2O. The molecule has 1 aliphatic carbocycles. The molecule has 19 heavy (non-hydrogen) atoms. The summed E-state index contributed by atoms with van der Waals surface area (Å²) >= 11 is 0. The van der Waals surface area contributed by atoms with Gasteiger partial charge < -0.3 is 4.74 Å². The molecule has 0 aromatic carbocycles. The number of hydrogen-bond acceptors (Lipinski definition) is 3. The third-order valence-electron chi connectivity index (χ3n) is 4.60. The Labute approximate surface area is 118 Å². The minimum atomic E-state index is 0.511. The Kier molecular flexibility index (Phi) is 6.15. The SMILES string of the molecule is COC[C@@H]1CCCN1/N=C1/CCCCCCC[C@H]1C. The zero-order valence-corrected chi connectivity index (χ0v) is 12.7. The molecule has 2 atom stereocenters. The Morgan fingerprint density at radius 1 is 1.11 bits per heavy atom. The second kappa shape index (κ2) is 7.88. The van der Waals surface area contributed by atoms with Gasteiger partial charge in [-0.2, -0.15) is 5.10 Å². The van der Waals surface area contributed by atoms with E-state index in [0.717, 1.165) is 13.2 Å². The summed E-state index contributed by atoms with van der Waals surface area (Å²) in [5, 5.41) is 7.34. The van der Waals surface area contributed by atoms with Crippen molar-refractivity contribution in [2.75, 3.05) is 20.3 Å². The highest BCUT2D eigenvalue weighted by atomic mass is 16.5. The fourth-order valence-electron chi connectivity index (χ4n) is 3.33. The smallest absolute Gasteiger partial charge is 0.0704 e. The van der Waals surface area contributed by atoms with Gasteiger partial charge in [-0.15, -0.1) is 0 Å². The molecule has 2 rings (SSSR count). The summed E-state index contributed by atoms with van der Waals surface area (Å²) < 4.78 is 5.33. The van der Waals surface area contributed by atoms with E-state index in [2.05, 4.69) is 11.9 Å². The first-order chi connectivity index (χ1) is 9.31. The third-order valence-corrected chi connectivity index (χ3v) is 4.60. The molecule has 0 N–H and O–H groups in total. The number of methoxy groups -OCH3 is 1. The quantitative estimate of drug-likeness (QED) is 0.775. The Bertz CT molecular complexity index is 290. The lowest BCUT2D eigenvalue weighted by atomic mass is 9.97. The third kappa shape index (κ3) is 4.48. The van der Waals surface area contributed by atoms with Crippen molar-refractivity contribution in [1.29, 1.82) is 0 Å². The summed E-state index contributed by atoms with van der Waals surface area (Å²) in [6.07, 6.45) is 11.9. The molecule has 3 heteroatoms. The van der Waals surface area contributed by atoms with Gasteiger partial charge >= 0.3 is 0 Å². The van der Waals surface area contributed by atoms with E-state index in [-0.39, 0.29) is 0 Å². The summed E-state index contributed by atoms with van der Waals surface area (Å²) in [5.74, 6) is 0.668. The van der Waals surface area contributed by atoms with Crippen LogP contribution in [0.4, 0.5) is 0 Å². The minimum Gasteiger partial charge on any atom is -0.382 e. The minimum absolute atomic E-state index is 0.511. The monoisotopic (exact) mass is 266 g/mol. The molecule has 2 fully saturated rings. The van der Waals surface area contributed by atoms with Crippen LogP contribution in [0.3, 0.4) is 0 Å². The molecule has 0 bridgehead atoms. The standard InChI is InChI=1S/C16H30N2O/c1-14-9-6-4-3-5-7-11-16(14)17-18-12-8-10-15(18)13-19-2/h14-15H,3-13H2,1-2H3/b17-16-/t14-,15+/m1/s1. The summed E-state index contributed by atoms with van der Waals surface area (Å²) in [7, 11) is 1.80. The van der Waals surface area contributed by atoms with Crippen LogP contribution in [0.25, 0.3) is 0 Å². The van der Waals surface area contributed by atoms with Crippen LogP contribution in [-0.2, 0) is 4.74 Å². The maximum absolute atomic E-state index is 5.33. The zero-order valence-electron chi connectivity index (χ0n) is 12.7. The fraction of sp³-hybridized carbons (Fsp3) is 0.938. The van der Waals surface area contributed by atoms with Crippen molar-refractivity contribution < 1.29 is 4.74 Å². The maximum atomic E-state index is 5.33. The molecule has 1 heterocycles. The van der Waals surface area contributed by atoms with Gasteiger partial charge in [0.15, 0.2) is 0 Å². The van der Waals surface area contributed by atoms with Gasteiger partial charge in [0.25, 0.3) is 0 Å². The van der Waals surface area contributed by atoms with E-state index >= 15 is 0 Å². The van der Waals surface area contributed by atoms with Gasteiger partial charge in [0.1, 0.15) is 0 Å². The van der Waals surface area contributed by atoms with Gasteiger partial charge in [-0.3, -0.25) is 5.01 Å². The molecule has 110 valence electrons. The van der Waals surface area contributed by atoms with Crippen molar-refractivity contribution in [3.8, 4) is 0 Å². The lowest BCUT2D eigenvalue weighted by Gasteiger charge is -2.24. The molecule has 0 amide bonds. The Morgan fingerprint density at radius 3 is 2.74 bits per heavy atom. The molecule has 1 saturated heterocycles. The van der Waals surface area contributed by atoms with E-state index in [1.165, 1.54) is 63.5 Å². The van der Waals surface area contributed by atoms with Gasteiger partial charge in [-0.1, -0.05) is 32.6 Å². The molecule has 1 aliphatic heterocycles. The van der Waals surface area contributed by atoms with Crippen LogP contribution in [0.5, 0.6) is 0 Å². The summed E-state index contributed by atoms with van der Waals surface area (Å²) in [4.78, 5) is 0. The predicted octanol–water partition coefficient (Wildman–Crippen LogP) is 3.83. The Morgan fingerprint density at radius 2 is 1.89 bits per heavy atom. The van der Waals surface area contributed by atoms with Crippen molar-refractivity contribution in [2.24, 2.45) is 11.0 Å². The Balaban J connectivity index is 2.00. The number of hydrogen-bond donors (Lipinski definition) is 0. The number of ether oxygens (including phenoxy) is 1. The second-order valence-electron chi connectivity index (χ2n) is 6.21. The largest absolute Gasteiger partial charge is 0.382 e. The first-order valence-corrected chi connectivity index (χ1v) is 8.14. The van der Waals surface area contributed by atoms with Crippen molar-refractivity contribution in [1.82, 2.24) is 5.01 Å². The highest BCUT2D eigenvalue weighted by Gasteiger charge is 2.24. The van der Waals surface area contributed by atoms with Gasteiger partial charge in [-0.05, 0) is 38.0 Å². The summed E-state index contributed by atoms with van der Waals surface area (Å²) in [6.45, 7) is 4.31. The molecule has 1 saturated carbocycles. The zero-order chi connectivity index (χ0) is 13.5. The lowest BCUT2D eigenvalue weighted by molar-refractivity contribution is 0.117. The predicted molar refractivity (Wildman–Crippen MR) is 80.5 cm³/mol. The first-order valence-electron chi connectivity index (χ1n) is 8.14. The molecule has 0 aromatic heterocycles. The molecule has 0 unspecified atom stereocenters. The topological polar surface area (TPSA) is 24.8 Å². The average molecular weight is 266 g/mol. The first kappa shape index (κ1) is 14.8. The van der Waals surface area contributed by atoms with Crippen LogP contribution in [0.1, 0.15) is 64.7 Å². The van der Waals surface area contributed by atoms with E-state index in [1.807, 2.05) is 0 Å². The van der Waals surface area contributed by atoms with Crippen LogP contribution in [0.2, 0.25) is 0 Å². The number of rotatable bonds is 3. The fourth-order valence-corrected chi connectivity index (χ4v) is 3.33.